The van der Waals surface area contributed by atoms with E-state index in [4.69, 9.17) is 0 Å². The Hall–Kier alpha value is 3.26. The molecule has 0 unspecified atom stereocenters. The fourth-order valence-corrected chi connectivity index (χ4v) is 0. The molecule has 0 atom stereocenters. The van der Waals surface area contributed by atoms with Crippen LogP contribution in [0.3, 0.4) is 0 Å². The van der Waals surface area contributed by atoms with Gasteiger partial charge in [0.15, 0.2) is 0 Å². The molecule has 0 aromatic heterocycles. The first-order valence-electron chi connectivity index (χ1n) is 6.00. The average Bonchev–Trinajstić information content (AvgIpc) is 1.76. The van der Waals surface area contributed by atoms with E-state index in [0.29, 0.717) is 0 Å². The van der Waals surface area contributed by atoms with Crippen LogP contribution in [0.25, 0.3) is 0 Å². The molecule has 0 aromatic rings. The molecule has 8 heteroatoms. The molecule has 0 saturated heterocycles. The van der Waals surface area contributed by atoms with Crippen LogP contribution in [0.15, 0.2) is 0 Å². The Labute approximate surface area is 187 Å². The van der Waals surface area contributed by atoms with Crippen molar-refractivity contribution in [2.45, 2.75) is 78.6 Å². The fourth-order valence-electron chi connectivity index (χ4n) is 0. The van der Waals surface area contributed by atoms with Gasteiger partial charge in [0.1, 0.15) is 0 Å². The van der Waals surface area contributed by atoms with Crippen molar-refractivity contribution in [3.05, 3.63) is 0 Å². The molecule has 0 aromatic carbocycles. The van der Waals surface area contributed by atoms with Gasteiger partial charge >= 0.3 is 75.4 Å². The maximum Gasteiger partial charge on any atom is 1.00 e. The Kier molecular flexibility index (Phi) is 107. The first-order chi connectivity index (χ1) is 6.93. The Balaban J connectivity index is -0.0000000150. The van der Waals surface area contributed by atoms with E-state index in [0.717, 1.165) is 0 Å². The van der Waals surface area contributed by atoms with Crippen LogP contribution in [0.5, 0.6) is 0 Å². The van der Waals surface area contributed by atoms with Gasteiger partial charge in [0, 0.05) is 0 Å². The summed E-state index contributed by atoms with van der Waals surface area (Å²) in [6, 6.07) is 0. The van der Waals surface area contributed by atoms with E-state index in [-0.39, 0.29) is 111 Å². The third kappa shape index (κ3) is 822. The van der Waals surface area contributed by atoms with E-state index >= 15 is 0 Å². The minimum absolute atomic E-state index is 0. The first-order valence-corrected chi connectivity index (χ1v) is 18.0. The van der Waals surface area contributed by atoms with Crippen molar-refractivity contribution in [2.75, 3.05) is 0 Å². The van der Waals surface area contributed by atoms with Gasteiger partial charge in [-0.1, -0.05) is 0 Å². The minimum atomic E-state index is 0. The monoisotopic (exact) mass is 320 g/mol. The predicted octanol–water partition coefficient (Wildman–Crippen LogP) is -6.50. The van der Waals surface area contributed by atoms with Crippen LogP contribution in [0.4, 0.5) is 0 Å². The summed E-state index contributed by atoms with van der Waals surface area (Å²) in [6.45, 7) is 27.2. The van der Waals surface area contributed by atoms with Crippen molar-refractivity contribution in [3.8, 4) is 0 Å². The molecule has 0 bridgehead atoms. The Morgan fingerprint density at radius 1 is 0.250 bits per heavy atom. The summed E-state index contributed by atoms with van der Waals surface area (Å²) in [7, 11) is 0.481. The zero-order chi connectivity index (χ0) is 14.3. The maximum atomic E-state index is 2.27. The zero-order valence-corrected chi connectivity index (χ0v) is 22.0. The largest absolute Gasteiger partial charge is 1.00 e. The van der Waals surface area contributed by atoms with Crippen molar-refractivity contribution in [1.82, 2.24) is 0 Å². The third-order valence-corrected chi connectivity index (χ3v) is 0. The summed E-state index contributed by atoms with van der Waals surface area (Å²) in [4.78, 5) is 0. The molecule has 104 valence electrons. The molecule has 0 radical (unpaired) electrons. The van der Waals surface area contributed by atoms with Gasteiger partial charge in [-0.15, -0.1) is 0 Å². The zero-order valence-electron chi connectivity index (χ0n) is 18.0. The summed E-state index contributed by atoms with van der Waals surface area (Å²) in [5.41, 5.74) is 0. The maximum absolute atomic E-state index is 2.27. The number of rotatable bonds is 0. The third-order valence-electron chi connectivity index (χ3n) is 0. The second kappa shape index (κ2) is 43.2. The van der Waals surface area contributed by atoms with Crippen molar-refractivity contribution in [2.24, 2.45) is 0 Å². The van der Waals surface area contributed by atoms with E-state index in [1.807, 2.05) is 0 Å². The van der Waals surface area contributed by atoms with E-state index in [1.165, 1.54) is 0 Å². The molecule has 0 saturated carbocycles. The van der Waals surface area contributed by atoms with Gasteiger partial charge in [0.05, 0.1) is 0 Å². The van der Waals surface area contributed by atoms with Gasteiger partial charge in [-0.2, -0.15) is 78.6 Å². The van der Waals surface area contributed by atoms with Crippen LogP contribution < -0.4 is 75.4 Å². The van der Waals surface area contributed by atoms with Crippen molar-refractivity contribution in [3.63, 3.8) is 0 Å². The van der Waals surface area contributed by atoms with Crippen LogP contribution in [-0.4, -0.2) is 35.2 Å². The van der Waals surface area contributed by atoms with Gasteiger partial charge in [-0.25, -0.2) is 0 Å². The first kappa shape index (κ1) is 49.5. The summed E-state index contributed by atoms with van der Waals surface area (Å²) < 4.78 is 0. The van der Waals surface area contributed by atoms with Gasteiger partial charge in [0.25, 0.3) is 0 Å². The van der Waals surface area contributed by atoms with Crippen LogP contribution >= 0.6 is 0 Å². The molecular formula is C12H36Li4Si4. The molecule has 0 heterocycles. The van der Waals surface area contributed by atoms with E-state index < -0.39 is 0 Å². The SMILES string of the molecule is C[Si-](C)C.C[Si-](C)C.C[Si-](C)C.C[Si-](C)C.[Li+].[Li+].[Li+].[Li+]. The second-order valence-corrected chi connectivity index (χ2v) is 18.0. The Morgan fingerprint density at radius 3 is 0.250 bits per heavy atom. The number of hydrogen-bond acceptors (Lipinski definition) is 0. The van der Waals surface area contributed by atoms with Crippen molar-refractivity contribution < 1.29 is 75.4 Å². The van der Waals surface area contributed by atoms with Crippen LogP contribution in [0.1, 0.15) is 0 Å². The van der Waals surface area contributed by atoms with Crippen molar-refractivity contribution >= 4 is 35.2 Å². The normalized spacial score (nSPS) is 7.20. The molecule has 0 rings (SSSR count). The molecule has 0 aliphatic carbocycles. The van der Waals surface area contributed by atoms with Gasteiger partial charge in [-0.05, 0) is 0 Å². The van der Waals surface area contributed by atoms with E-state index in [1.54, 1.807) is 0 Å². The smallest absolute Gasteiger partial charge is 0.271 e. The predicted molar refractivity (Wildman–Crippen MR) is 93.4 cm³/mol. The van der Waals surface area contributed by atoms with E-state index in [9.17, 15) is 0 Å². The molecule has 0 spiro atoms. The van der Waals surface area contributed by atoms with Crippen LogP contribution in [0.2, 0.25) is 78.6 Å². The molecular weight excluding hydrogens is 284 g/mol. The van der Waals surface area contributed by atoms with Gasteiger partial charge < -0.3 is 0 Å². The summed E-state index contributed by atoms with van der Waals surface area (Å²) in [5, 5.41) is 0. The average molecular weight is 321 g/mol. The van der Waals surface area contributed by atoms with Gasteiger partial charge in [-0.3, -0.25) is 35.2 Å². The second-order valence-electron chi connectivity index (χ2n) is 6.00. The Morgan fingerprint density at radius 2 is 0.250 bits per heavy atom. The van der Waals surface area contributed by atoms with E-state index in [2.05, 4.69) is 78.6 Å². The quantitative estimate of drug-likeness (QED) is 0.390. The molecule has 20 heavy (non-hydrogen) atoms. The minimum Gasteiger partial charge on any atom is -0.271 e. The Bertz CT molecular complexity index is 70.4. The molecule has 0 N–H and O–H groups in total. The fraction of sp³-hybridized carbons (Fsp3) is 1.00. The van der Waals surface area contributed by atoms with Gasteiger partial charge in [0.2, 0.25) is 0 Å². The number of hydrogen-bond donors (Lipinski definition) is 0. The van der Waals surface area contributed by atoms with Crippen molar-refractivity contribution in [1.29, 1.82) is 0 Å². The molecule has 0 amide bonds. The standard InChI is InChI=1S/4C3H9Si.4Li/c4*1-4(2)3;;;;/h4*1-3H3;;;;/q4*-1;4*+1. The summed E-state index contributed by atoms with van der Waals surface area (Å²) in [6.07, 6.45) is 0. The molecule has 0 aliphatic heterocycles. The molecule has 0 nitrogen and oxygen atoms in total. The topological polar surface area (TPSA) is 0 Å². The summed E-state index contributed by atoms with van der Waals surface area (Å²) in [5.74, 6) is 0. The van der Waals surface area contributed by atoms with Crippen LogP contribution in [0, 0.1) is 0 Å². The van der Waals surface area contributed by atoms with Crippen LogP contribution in [-0.2, 0) is 0 Å². The molecule has 0 aliphatic rings. The summed E-state index contributed by atoms with van der Waals surface area (Å²) >= 11 is 0. The molecule has 0 fully saturated rings.